The SMILES string of the molecule is Cn1c(SCCC(N)=O)nc2scc(-c3ccc(F)cc3)c2c1=O. The van der Waals surface area contributed by atoms with Gasteiger partial charge < -0.3 is 5.73 Å². The molecule has 1 aromatic carbocycles. The molecule has 0 unspecified atom stereocenters. The van der Waals surface area contributed by atoms with Crippen LogP contribution in [0.25, 0.3) is 21.3 Å². The van der Waals surface area contributed by atoms with Crippen LogP contribution in [0.15, 0.2) is 39.6 Å². The molecule has 0 atom stereocenters. The maximum Gasteiger partial charge on any atom is 0.263 e. The summed E-state index contributed by atoms with van der Waals surface area (Å²) in [4.78, 5) is 28.7. The van der Waals surface area contributed by atoms with Gasteiger partial charge in [-0.15, -0.1) is 11.3 Å². The Morgan fingerprint density at radius 3 is 2.75 bits per heavy atom. The van der Waals surface area contributed by atoms with Crippen molar-refractivity contribution in [1.29, 1.82) is 0 Å². The van der Waals surface area contributed by atoms with E-state index < -0.39 is 0 Å². The van der Waals surface area contributed by atoms with Crippen LogP contribution in [0.1, 0.15) is 6.42 Å². The van der Waals surface area contributed by atoms with Crippen molar-refractivity contribution in [3.63, 3.8) is 0 Å². The first kappa shape index (κ1) is 16.7. The molecule has 0 aliphatic rings. The van der Waals surface area contributed by atoms with Crippen molar-refractivity contribution in [2.75, 3.05) is 5.75 Å². The van der Waals surface area contributed by atoms with E-state index in [-0.39, 0.29) is 23.7 Å². The fourth-order valence-electron chi connectivity index (χ4n) is 2.27. The molecule has 0 fully saturated rings. The molecule has 0 saturated carbocycles. The second kappa shape index (κ2) is 6.74. The summed E-state index contributed by atoms with van der Waals surface area (Å²) in [7, 11) is 1.65. The standard InChI is InChI=1S/C16H14FN3O2S2/c1-20-15(22)13-11(9-2-4-10(17)5-3-9)8-24-14(13)19-16(20)23-7-6-12(18)21/h2-5,8H,6-7H2,1H3,(H2,18,21). The van der Waals surface area contributed by atoms with E-state index >= 15 is 0 Å². The Balaban J connectivity index is 2.04. The molecule has 5 nitrogen and oxygen atoms in total. The number of thiophene rings is 1. The fraction of sp³-hybridized carbons (Fsp3) is 0.188. The van der Waals surface area contributed by atoms with E-state index in [0.717, 1.165) is 11.1 Å². The smallest absolute Gasteiger partial charge is 0.263 e. The van der Waals surface area contributed by atoms with Gasteiger partial charge in [-0.3, -0.25) is 14.2 Å². The Kier molecular flexibility index (Phi) is 4.68. The van der Waals surface area contributed by atoms with Crippen molar-refractivity contribution < 1.29 is 9.18 Å². The van der Waals surface area contributed by atoms with Crippen LogP contribution in [0, 0.1) is 5.82 Å². The molecule has 0 spiro atoms. The van der Waals surface area contributed by atoms with Gasteiger partial charge in [-0.25, -0.2) is 9.37 Å². The second-order valence-electron chi connectivity index (χ2n) is 5.16. The number of amides is 1. The topological polar surface area (TPSA) is 78.0 Å². The van der Waals surface area contributed by atoms with Gasteiger partial charge in [-0.1, -0.05) is 23.9 Å². The third-order valence-corrected chi connectivity index (χ3v) is 5.41. The summed E-state index contributed by atoms with van der Waals surface area (Å²) >= 11 is 2.69. The normalized spacial score (nSPS) is 11.1. The van der Waals surface area contributed by atoms with E-state index in [2.05, 4.69) is 4.98 Å². The number of hydrogen-bond acceptors (Lipinski definition) is 5. The van der Waals surface area contributed by atoms with Gasteiger partial charge in [-0.05, 0) is 17.7 Å². The first-order valence-corrected chi connectivity index (χ1v) is 8.99. The molecule has 24 heavy (non-hydrogen) atoms. The predicted octanol–water partition coefficient (Wildman–Crippen LogP) is 2.77. The third-order valence-electron chi connectivity index (χ3n) is 3.51. The van der Waals surface area contributed by atoms with E-state index in [1.807, 2.05) is 5.38 Å². The number of rotatable bonds is 5. The Morgan fingerprint density at radius 2 is 2.08 bits per heavy atom. The molecule has 2 N–H and O–H groups in total. The predicted molar refractivity (Wildman–Crippen MR) is 94.8 cm³/mol. The molecule has 0 bridgehead atoms. The summed E-state index contributed by atoms with van der Waals surface area (Å²) in [5.74, 6) is -0.238. The zero-order valence-electron chi connectivity index (χ0n) is 12.8. The highest BCUT2D eigenvalue weighted by molar-refractivity contribution is 7.99. The van der Waals surface area contributed by atoms with Crippen molar-refractivity contribution in [3.05, 3.63) is 45.8 Å². The highest BCUT2D eigenvalue weighted by atomic mass is 32.2. The maximum absolute atomic E-state index is 13.1. The number of aromatic nitrogens is 2. The van der Waals surface area contributed by atoms with Crippen LogP contribution >= 0.6 is 23.1 Å². The van der Waals surface area contributed by atoms with Crippen LogP contribution in [0.2, 0.25) is 0 Å². The van der Waals surface area contributed by atoms with Crippen molar-refractivity contribution >= 4 is 39.2 Å². The van der Waals surface area contributed by atoms with Gasteiger partial charge in [0.25, 0.3) is 5.56 Å². The van der Waals surface area contributed by atoms with Crippen LogP contribution in [0.4, 0.5) is 4.39 Å². The number of primary amides is 1. The maximum atomic E-state index is 13.1. The van der Waals surface area contributed by atoms with E-state index in [4.69, 9.17) is 5.73 Å². The third kappa shape index (κ3) is 3.20. The van der Waals surface area contributed by atoms with E-state index in [1.54, 1.807) is 19.2 Å². The summed E-state index contributed by atoms with van der Waals surface area (Å²) in [5.41, 5.74) is 6.48. The molecule has 3 rings (SSSR count). The quantitative estimate of drug-likeness (QED) is 0.558. The van der Waals surface area contributed by atoms with Gasteiger partial charge in [0, 0.05) is 30.2 Å². The summed E-state index contributed by atoms with van der Waals surface area (Å²) in [6.07, 6.45) is 0.226. The van der Waals surface area contributed by atoms with Crippen LogP contribution in [0.3, 0.4) is 0 Å². The minimum Gasteiger partial charge on any atom is -0.370 e. The number of fused-ring (bicyclic) bond motifs is 1. The average Bonchev–Trinajstić information content (AvgIpc) is 2.96. The average molecular weight is 363 g/mol. The molecule has 0 radical (unpaired) electrons. The lowest BCUT2D eigenvalue weighted by molar-refractivity contribution is -0.117. The largest absolute Gasteiger partial charge is 0.370 e. The molecule has 2 aromatic heterocycles. The van der Waals surface area contributed by atoms with Gasteiger partial charge in [0.05, 0.1) is 5.39 Å². The summed E-state index contributed by atoms with van der Waals surface area (Å²) < 4.78 is 14.6. The van der Waals surface area contributed by atoms with Gasteiger partial charge in [0.15, 0.2) is 5.16 Å². The monoisotopic (exact) mass is 363 g/mol. The summed E-state index contributed by atoms with van der Waals surface area (Å²) in [6, 6.07) is 6.02. The van der Waals surface area contributed by atoms with Crippen LogP contribution in [-0.4, -0.2) is 21.2 Å². The lowest BCUT2D eigenvalue weighted by Gasteiger charge is -2.07. The number of nitrogens with zero attached hydrogens (tertiary/aromatic N) is 2. The van der Waals surface area contributed by atoms with Crippen LogP contribution in [-0.2, 0) is 11.8 Å². The molecule has 3 aromatic rings. The number of carbonyl (C=O) groups excluding carboxylic acids is 1. The first-order valence-electron chi connectivity index (χ1n) is 7.12. The van der Waals surface area contributed by atoms with Gasteiger partial charge in [-0.2, -0.15) is 0 Å². The van der Waals surface area contributed by atoms with Crippen molar-refractivity contribution in [1.82, 2.24) is 9.55 Å². The number of hydrogen-bond donors (Lipinski definition) is 1. The lowest BCUT2D eigenvalue weighted by atomic mass is 10.1. The molecule has 2 heterocycles. The Bertz CT molecular complexity index is 964. The molecular formula is C16H14FN3O2S2. The second-order valence-corrected chi connectivity index (χ2v) is 7.08. The zero-order valence-corrected chi connectivity index (χ0v) is 14.4. The van der Waals surface area contributed by atoms with Crippen molar-refractivity contribution in [2.24, 2.45) is 12.8 Å². The van der Waals surface area contributed by atoms with E-state index in [9.17, 15) is 14.0 Å². The highest BCUT2D eigenvalue weighted by Gasteiger charge is 2.15. The number of halogens is 1. The van der Waals surface area contributed by atoms with Crippen molar-refractivity contribution in [2.45, 2.75) is 11.6 Å². The van der Waals surface area contributed by atoms with Crippen LogP contribution in [0.5, 0.6) is 0 Å². The summed E-state index contributed by atoms with van der Waals surface area (Å²) in [6.45, 7) is 0. The fourth-order valence-corrected chi connectivity index (χ4v) is 4.18. The Morgan fingerprint density at radius 1 is 1.38 bits per heavy atom. The van der Waals surface area contributed by atoms with Gasteiger partial charge in [0.2, 0.25) is 5.91 Å². The number of benzene rings is 1. The van der Waals surface area contributed by atoms with Gasteiger partial charge in [0.1, 0.15) is 10.6 Å². The van der Waals surface area contributed by atoms with Crippen LogP contribution < -0.4 is 11.3 Å². The molecule has 124 valence electrons. The highest BCUT2D eigenvalue weighted by Crippen LogP contribution is 2.32. The molecular weight excluding hydrogens is 349 g/mol. The van der Waals surface area contributed by atoms with Gasteiger partial charge >= 0.3 is 0 Å². The van der Waals surface area contributed by atoms with E-state index in [1.165, 1.54) is 39.8 Å². The minimum atomic E-state index is -0.386. The Hall–Kier alpha value is -2.19. The lowest BCUT2D eigenvalue weighted by Crippen LogP contribution is -2.20. The molecule has 0 saturated heterocycles. The number of carbonyl (C=O) groups is 1. The number of nitrogens with two attached hydrogens (primary N) is 1. The zero-order chi connectivity index (χ0) is 17.3. The number of thioether (sulfide) groups is 1. The Labute approximate surface area is 145 Å². The van der Waals surface area contributed by atoms with E-state index in [0.29, 0.717) is 21.1 Å². The first-order chi connectivity index (χ1) is 11.5. The molecule has 0 aliphatic carbocycles. The minimum absolute atomic E-state index is 0.165. The van der Waals surface area contributed by atoms with Crippen molar-refractivity contribution in [3.8, 4) is 11.1 Å². The molecule has 1 amide bonds. The molecule has 0 aliphatic heterocycles. The summed E-state index contributed by atoms with van der Waals surface area (Å²) in [5, 5.41) is 2.92. The molecule has 8 heteroatoms.